The molecule has 10 nitrogen and oxygen atoms in total. The van der Waals surface area contributed by atoms with Crippen molar-refractivity contribution in [2.24, 2.45) is 0 Å². The summed E-state index contributed by atoms with van der Waals surface area (Å²) >= 11 is 0. The van der Waals surface area contributed by atoms with Crippen LogP contribution in [-0.4, -0.2) is 74.9 Å². The van der Waals surface area contributed by atoms with Crippen molar-refractivity contribution in [3.63, 3.8) is 0 Å². The van der Waals surface area contributed by atoms with Gasteiger partial charge in [-0.1, -0.05) is 0 Å². The second-order valence-electron chi connectivity index (χ2n) is 6.75. The maximum atomic E-state index is 12.6. The number of hydrogen-bond acceptors (Lipinski definition) is 6. The summed E-state index contributed by atoms with van der Waals surface area (Å²) in [5, 5.41) is 13.8. The van der Waals surface area contributed by atoms with Gasteiger partial charge in [-0.15, -0.1) is 0 Å². The molecule has 10 heteroatoms. The largest absolute Gasteiger partial charge is 0.381 e. The Kier molecular flexibility index (Phi) is 5.50. The van der Waals surface area contributed by atoms with Gasteiger partial charge in [0.2, 0.25) is 17.6 Å². The number of hydrogen-bond donors (Lipinski definition) is 1. The number of imidazole rings is 1. The summed E-state index contributed by atoms with van der Waals surface area (Å²) in [4.78, 5) is 42.5. The first-order chi connectivity index (χ1) is 12.5. The van der Waals surface area contributed by atoms with Crippen molar-refractivity contribution < 1.29 is 14.5 Å². The van der Waals surface area contributed by atoms with Crippen molar-refractivity contribution in [2.75, 3.05) is 32.7 Å². The predicted molar refractivity (Wildman–Crippen MR) is 92.4 cm³/mol. The Balaban J connectivity index is 1.56. The number of aryl methyl sites for hydroxylation is 2. The zero-order valence-electron chi connectivity index (χ0n) is 14.9. The average Bonchev–Trinajstić information content (AvgIpc) is 3.01. The SMILES string of the molecule is Cc1nc([N+](=O)[O-])cn1CCC(=O)N1CCCC(N2CCNCC2=O)C1. The smallest absolute Gasteiger partial charge is 0.358 e. The molecule has 1 aromatic rings. The molecule has 142 valence electrons. The fraction of sp³-hybridized carbons (Fsp3) is 0.688. The van der Waals surface area contributed by atoms with Crippen LogP contribution in [0.4, 0.5) is 5.82 Å². The minimum Gasteiger partial charge on any atom is -0.358 e. The van der Waals surface area contributed by atoms with Crippen LogP contribution in [0.2, 0.25) is 0 Å². The van der Waals surface area contributed by atoms with E-state index in [0.717, 1.165) is 19.4 Å². The lowest BCUT2D eigenvalue weighted by Crippen LogP contribution is -2.57. The monoisotopic (exact) mass is 364 g/mol. The summed E-state index contributed by atoms with van der Waals surface area (Å²) in [6, 6.07) is 0.0818. The van der Waals surface area contributed by atoms with E-state index < -0.39 is 4.92 Å². The van der Waals surface area contributed by atoms with Crippen molar-refractivity contribution in [3.05, 3.63) is 22.1 Å². The van der Waals surface area contributed by atoms with E-state index >= 15 is 0 Å². The molecule has 1 N–H and O–H groups in total. The molecule has 26 heavy (non-hydrogen) atoms. The number of piperidine rings is 1. The van der Waals surface area contributed by atoms with Gasteiger partial charge in [-0.3, -0.25) is 9.59 Å². The topological polar surface area (TPSA) is 114 Å². The molecule has 0 aliphatic carbocycles. The number of amides is 2. The third kappa shape index (κ3) is 4.01. The fourth-order valence-corrected chi connectivity index (χ4v) is 3.62. The molecule has 0 aromatic carbocycles. The maximum Gasteiger partial charge on any atom is 0.381 e. The van der Waals surface area contributed by atoms with E-state index in [9.17, 15) is 19.7 Å². The molecule has 2 fully saturated rings. The lowest BCUT2D eigenvalue weighted by atomic mass is 10.0. The van der Waals surface area contributed by atoms with E-state index in [1.54, 1.807) is 11.5 Å². The van der Waals surface area contributed by atoms with Gasteiger partial charge < -0.3 is 29.8 Å². The van der Waals surface area contributed by atoms with Crippen LogP contribution in [0.25, 0.3) is 0 Å². The average molecular weight is 364 g/mol. The van der Waals surface area contributed by atoms with Crippen LogP contribution >= 0.6 is 0 Å². The molecule has 0 saturated carbocycles. The zero-order chi connectivity index (χ0) is 18.7. The van der Waals surface area contributed by atoms with E-state index in [2.05, 4.69) is 10.3 Å². The number of rotatable bonds is 5. The second-order valence-corrected chi connectivity index (χ2v) is 6.75. The first kappa shape index (κ1) is 18.3. The van der Waals surface area contributed by atoms with Gasteiger partial charge in [0, 0.05) is 52.1 Å². The zero-order valence-corrected chi connectivity index (χ0v) is 14.9. The van der Waals surface area contributed by atoms with Crippen molar-refractivity contribution in [3.8, 4) is 0 Å². The third-order valence-electron chi connectivity index (χ3n) is 5.03. The number of nitrogens with one attached hydrogen (secondary N) is 1. The number of piperazine rings is 1. The molecule has 2 saturated heterocycles. The quantitative estimate of drug-likeness (QED) is 0.577. The number of nitro groups is 1. The molecule has 1 unspecified atom stereocenters. The lowest BCUT2D eigenvalue weighted by Gasteiger charge is -2.41. The molecule has 1 atom stereocenters. The second kappa shape index (κ2) is 7.81. The Hall–Kier alpha value is -2.49. The van der Waals surface area contributed by atoms with E-state index in [0.29, 0.717) is 38.5 Å². The predicted octanol–water partition coefficient (Wildman–Crippen LogP) is -0.0874. The molecule has 3 heterocycles. The van der Waals surface area contributed by atoms with E-state index in [1.165, 1.54) is 6.20 Å². The summed E-state index contributed by atoms with van der Waals surface area (Å²) < 4.78 is 1.64. The Bertz CT molecular complexity index is 703. The molecule has 0 bridgehead atoms. The Morgan fingerprint density at radius 1 is 1.46 bits per heavy atom. The lowest BCUT2D eigenvalue weighted by molar-refractivity contribution is -0.389. The van der Waals surface area contributed by atoms with Crippen molar-refractivity contribution in [1.82, 2.24) is 24.7 Å². The highest BCUT2D eigenvalue weighted by Crippen LogP contribution is 2.18. The summed E-state index contributed by atoms with van der Waals surface area (Å²) in [7, 11) is 0. The molecule has 1 aromatic heterocycles. The number of likely N-dealkylation sites (tertiary alicyclic amines) is 1. The highest BCUT2D eigenvalue weighted by atomic mass is 16.6. The Labute approximate surface area is 151 Å². The van der Waals surface area contributed by atoms with Crippen LogP contribution in [0.1, 0.15) is 25.1 Å². The van der Waals surface area contributed by atoms with Gasteiger partial charge in [-0.2, -0.15) is 0 Å². The van der Waals surface area contributed by atoms with Crippen LogP contribution in [0.15, 0.2) is 6.20 Å². The van der Waals surface area contributed by atoms with E-state index in [1.807, 2.05) is 9.80 Å². The minimum absolute atomic E-state index is 0.00744. The van der Waals surface area contributed by atoms with Crippen molar-refractivity contribution in [2.45, 2.75) is 38.8 Å². The van der Waals surface area contributed by atoms with Gasteiger partial charge in [-0.25, -0.2) is 0 Å². The van der Waals surface area contributed by atoms with E-state index in [4.69, 9.17) is 0 Å². The highest BCUT2D eigenvalue weighted by Gasteiger charge is 2.31. The van der Waals surface area contributed by atoms with Crippen molar-refractivity contribution in [1.29, 1.82) is 0 Å². The normalized spacial score (nSPS) is 21.1. The molecule has 2 amide bonds. The van der Waals surface area contributed by atoms with Crippen LogP contribution in [-0.2, 0) is 16.1 Å². The Morgan fingerprint density at radius 2 is 2.27 bits per heavy atom. The molecule has 3 rings (SSSR count). The number of aromatic nitrogens is 2. The molecular weight excluding hydrogens is 340 g/mol. The number of nitrogens with zero attached hydrogens (tertiary/aromatic N) is 5. The van der Waals surface area contributed by atoms with Crippen LogP contribution in [0.5, 0.6) is 0 Å². The van der Waals surface area contributed by atoms with Crippen molar-refractivity contribution >= 4 is 17.6 Å². The molecule has 2 aliphatic rings. The summed E-state index contributed by atoms with van der Waals surface area (Å²) in [6.45, 7) is 5.14. The first-order valence-corrected chi connectivity index (χ1v) is 8.92. The maximum absolute atomic E-state index is 12.6. The van der Waals surface area contributed by atoms with Gasteiger partial charge in [-0.05, 0) is 22.7 Å². The number of carbonyl (C=O) groups excluding carboxylic acids is 2. The number of carbonyl (C=O) groups is 2. The molecule has 0 radical (unpaired) electrons. The highest BCUT2D eigenvalue weighted by molar-refractivity contribution is 5.80. The first-order valence-electron chi connectivity index (χ1n) is 8.92. The van der Waals surface area contributed by atoms with Gasteiger partial charge in [0.25, 0.3) is 0 Å². The third-order valence-corrected chi connectivity index (χ3v) is 5.03. The van der Waals surface area contributed by atoms with Gasteiger partial charge >= 0.3 is 5.82 Å². The van der Waals surface area contributed by atoms with Gasteiger partial charge in [0.05, 0.1) is 6.54 Å². The van der Waals surface area contributed by atoms with Crippen LogP contribution in [0, 0.1) is 17.0 Å². The fourth-order valence-electron chi connectivity index (χ4n) is 3.62. The van der Waals surface area contributed by atoms with Gasteiger partial charge in [0.15, 0.2) is 0 Å². The van der Waals surface area contributed by atoms with E-state index in [-0.39, 0.29) is 30.1 Å². The van der Waals surface area contributed by atoms with Crippen LogP contribution in [0.3, 0.4) is 0 Å². The van der Waals surface area contributed by atoms with Crippen LogP contribution < -0.4 is 5.32 Å². The van der Waals surface area contributed by atoms with Gasteiger partial charge in [0.1, 0.15) is 6.20 Å². The Morgan fingerprint density at radius 3 is 2.96 bits per heavy atom. The summed E-state index contributed by atoms with van der Waals surface area (Å²) in [5.41, 5.74) is 0. The standard InChI is InChI=1S/C16H24N6O4/c1-12-18-14(22(25)26)11-19(12)7-4-15(23)20-6-2-3-13(10-20)21-8-5-17-9-16(21)24/h11,13,17H,2-10H2,1H3. The summed E-state index contributed by atoms with van der Waals surface area (Å²) in [6.07, 6.45) is 3.42. The molecule has 0 spiro atoms. The molecular formula is C16H24N6O4. The minimum atomic E-state index is -0.537. The summed E-state index contributed by atoms with van der Waals surface area (Å²) in [5.74, 6) is 0.419. The molecule has 2 aliphatic heterocycles.